The van der Waals surface area contributed by atoms with Crippen molar-refractivity contribution in [2.45, 2.75) is 25.1 Å². The number of benzene rings is 1. The summed E-state index contributed by atoms with van der Waals surface area (Å²) >= 11 is 2.14. The first-order chi connectivity index (χ1) is 10.8. The first-order valence-corrected chi connectivity index (χ1v) is 7.97. The zero-order valence-corrected chi connectivity index (χ0v) is 14.1. The molecule has 2 rings (SSSR count). The van der Waals surface area contributed by atoms with E-state index in [2.05, 4.69) is 27.9 Å². The molecule has 0 aromatic heterocycles. The summed E-state index contributed by atoms with van der Waals surface area (Å²) in [5.74, 6) is -2.23. The highest BCUT2D eigenvalue weighted by Gasteiger charge is 2.37. The van der Waals surface area contributed by atoms with Gasteiger partial charge in [-0.25, -0.2) is 0 Å². The fraction of sp³-hybridized carbons (Fsp3) is 0.333. The Hall–Kier alpha value is -1.58. The van der Waals surface area contributed by atoms with Crippen LogP contribution in [0.2, 0.25) is 0 Å². The minimum Gasteiger partial charge on any atom is -0.365 e. The molecular formula is C15H14F3IN2O2. The highest BCUT2D eigenvalue weighted by Crippen LogP contribution is 2.21. The minimum atomic E-state index is -4.89. The second-order valence-electron chi connectivity index (χ2n) is 5.07. The SMILES string of the molecule is O=C(Nc1ccc(I)cc1)C1CCCN1C=CC(=O)C(F)(F)F. The molecule has 1 aromatic rings. The van der Waals surface area contributed by atoms with Gasteiger partial charge in [0.2, 0.25) is 5.91 Å². The second-order valence-corrected chi connectivity index (χ2v) is 6.32. The molecule has 1 atom stereocenters. The number of amides is 1. The number of alkyl halides is 3. The lowest BCUT2D eigenvalue weighted by Crippen LogP contribution is -2.36. The molecule has 1 unspecified atom stereocenters. The number of nitrogens with zero attached hydrogens (tertiary/aromatic N) is 1. The van der Waals surface area contributed by atoms with Gasteiger partial charge in [-0.15, -0.1) is 0 Å². The molecule has 1 aromatic carbocycles. The largest absolute Gasteiger partial charge is 0.454 e. The molecule has 0 aliphatic carbocycles. The van der Waals surface area contributed by atoms with Crippen LogP contribution in [0.1, 0.15) is 12.8 Å². The zero-order chi connectivity index (χ0) is 17.0. The number of nitrogens with one attached hydrogen (secondary N) is 1. The number of carbonyl (C=O) groups is 2. The van der Waals surface area contributed by atoms with Gasteiger partial charge in [0.25, 0.3) is 5.78 Å². The molecule has 1 saturated heterocycles. The predicted octanol–water partition coefficient (Wildman–Crippen LogP) is 3.34. The number of allylic oxidation sites excluding steroid dienone is 1. The number of rotatable bonds is 4. The average Bonchev–Trinajstić information content (AvgIpc) is 2.94. The third-order valence-electron chi connectivity index (χ3n) is 3.41. The summed E-state index contributed by atoms with van der Waals surface area (Å²) in [6, 6.07) is 6.60. The average molecular weight is 438 g/mol. The van der Waals surface area contributed by atoms with Crippen molar-refractivity contribution in [1.82, 2.24) is 4.90 Å². The summed E-state index contributed by atoms with van der Waals surface area (Å²) in [6.07, 6.45) is -2.16. The highest BCUT2D eigenvalue weighted by atomic mass is 127. The van der Waals surface area contributed by atoms with Crippen LogP contribution in [0.3, 0.4) is 0 Å². The predicted molar refractivity (Wildman–Crippen MR) is 87.7 cm³/mol. The fourth-order valence-corrected chi connectivity index (χ4v) is 2.63. The summed E-state index contributed by atoms with van der Waals surface area (Å²) in [6.45, 7) is 0.437. The highest BCUT2D eigenvalue weighted by molar-refractivity contribution is 14.1. The van der Waals surface area contributed by atoms with E-state index in [0.29, 0.717) is 31.1 Å². The van der Waals surface area contributed by atoms with Crippen molar-refractivity contribution >= 4 is 40.0 Å². The Morgan fingerprint density at radius 3 is 2.52 bits per heavy atom. The number of ketones is 1. The number of hydrogen-bond acceptors (Lipinski definition) is 3. The molecule has 0 saturated carbocycles. The number of carbonyl (C=O) groups excluding carboxylic acids is 2. The lowest BCUT2D eigenvalue weighted by molar-refractivity contribution is -0.165. The lowest BCUT2D eigenvalue weighted by Gasteiger charge is -2.22. The van der Waals surface area contributed by atoms with Crippen LogP contribution in [0.25, 0.3) is 0 Å². The summed E-state index contributed by atoms with van der Waals surface area (Å²) < 4.78 is 37.6. The Morgan fingerprint density at radius 1 is 1.26 bits per heavy atom. The molecule has 124 valence electrons. The standard InChI is InChI=1S/C15H14F3IN2O2/c16-15(17,18)13(22)7-9-21-8-1-2-12(21)14(23)20-11-5-3-10(19)4-6-11/h3-7,9,12H,1-2,8H2,(H,20,23). The molecule has 1 aliphatic rings. The van der Waals surface area contributed by atoms with Gasteiger partial charge >= 0.3 is 6.18 Å². The van der Waals surface area contributed by atoms with E-state index in [1.54, 1.807) is 12.1 Å². The van der Waals surface area contributed by atoms with Gasteiger partial charge < -0.3 is 10.2 Å². The van der Waals surface area contributed by atoms with E-state index in [9.17, 15) is 22.8 Å². The van der Waals surface area contributed by atoms with E-state index in [4.69, 9.17) is 0 Å². The van der Waals surface area contributed by atoms with Crippen molar-refractivity contribution in [1.29, 1.82) is 0 Å². The van der Waals surface area contributed by atoms with Crippen LogP contribution in [0.15, 0.2) is 36.5 Å². The normalized spacial score (nSPS) is 18.4. The quantitative estimate of drug-likeness (QED) is 0.580. The van der Waals surface area contributed by atoms with Crippen LogP contribution in [0.4, 0.5) is 18.9 Å². The van der Waals surface area contributed by atoms with Gasteiger partial charge in [0.05, 0.1) is 0 Å². The fourth-order valence-electron chi connectivity index (χ4n) is 2.27. The van der Waals surface area contributed by atoms with Gasteiger partial charge in [-0.05, 0) is 59.7 Å². The Morgan fingerprint density at radius 2 is 1.91 bits per heavy atom. The monoisotopic (exact) mass is 438 g/mol. The van der Waals surface area contributed by atoms with Gasteiger partial charge in [-0.3, -0.25) is 9.59 Å². The first-order valence-electron chi connectivity index (χ1n) is 6.89. The van der Waals surface area contributed by atoms with Crippen LogP contribution in [-0.2, 0) is 9.59 Å². The van der Waals surface area contributed by atoms with Crippen molar-refractivity contribution in [3.63, 3.8) is 0 Å². The maximum atomic E-state index is 12.3. The summed E-state index contributed by atoms with van der Waals surface area (Å²) in [4.78, 5) is 24.6. The maximum absolute atomic E-state index is 12.3. The number of anilines is 1. The van der Waals surface area contributed by atoms with Crippen molar-refractivity contribution in [2.24, 2.45) is 0 Å². The first kappa shape index (κ1) is 17.8. The second kappa shape index (κ2) is 7.33. The maximum Gasteiger partial charge on any atom is 0.454 e. The third kappa shape index (κ3) is 4.95. The van der Waals surface area contributed by atoms with Crippen LogP contribution < -0.4 is 5.32 Å². The van der Waals surface area contributed by atoms with Crippen LogP contribution in [0.5, 0.6) is 0 Å². The van der Waals surface area contributed by atoms with Gasteiger partial charge in [-0.2, -0.15) is 13.2 Å². The van der Waals surface area contributed by atoms with Crippen LogP contribution >= 0.6 is 22.6 Å². The van der Waals surface area contributed by atoms with E-state index >= 15 is 0 Å². The molecule has 1 N–H and O–H groups in total. The van der Waals surface area contributed by atoms with E-state index in [1.807, 2.05) is 12.1 Å². The van der Waals surface area contributed by atoms with Crippen molar-refractivity contribution in [2.75, 3.05) is 11.9 Å². The number of likely N-dealkylation sites (tertiary alicyclic amines) is 1. The summed E-state index contributed by atoms with van der Waals surface area (Å²) in [7, 11) is 0. The molecule has 8 heteroatoms. The lowest BCUT2D eigenvalue weighted by atomic mass is 10.2. The van der Waals surface area contributed by atoms with Crippen molar-refractivity contribution < 1.29 is 22.8 Å². The molecule has 4 nitrogen and oxygen atoms in total. The van der Waals surface area contributed by atoms with E-state index in [-0.39, 0.29) is 5.91 Å². The Bertz CT molecular complexity index is 614. The van der Waals surface area contributed by atoms with Gasteiger partial charge in [0, 0.05) is 28.1 Å². The van der Waals surface area contributed by atoms with Gasteiger partial charge in [0.15, 0.2) is 0 Å². The van der Waals surface area contributed by atoms with E-state index < -0.39 is 18.0 Å². The summed E-state index contributed by atoms with van der Waals surface area (Å²) in [5.41, 5.74) is 0.623. The van der Waals surface area contributed by atoms with Crippen LogP contribution in [-0.4, -0.2) is 35.4 Å². The Labute approximate surface area is 144 Å². The van der Waals surface area contributed by atoms with Crippen molar-refractivity contribution in [3.05, 3.63) is 40.1 Å². The smallest absolute Gasteiger partial charge is 0.365 e. The molecule has 0 radical (unpaired) electrons. The van der Waals surface area contributed by atoms with E-state index in [1.165, 1.54) is 4.90 Å². The van der Waals surface area contributed by atoms with Gasteiger partial charge in [-0.1, -0.05) is 0 Å². The molecule has 1 amide bonds. The van der Waals surface area contributed by atoms with Crippen molar-refractivity contribution in [3.8, 4) is 0 Å². The topological polar surface area (TPSA) is 49.4 Å². The van der Waals surface area contributed by atoms with E-state index in [0.717, 1.165) is 9.77 Å². The van der Waals surface area contributed by atoms with Crippen LogP contribution in [0, 0.1) is 3.57 Å². The number of halogens is 4. The molecule has 1 heterocycles. The zero-order valence-electron chi connectivity index (χ0n) is 11.9. The molecule has 1 fully saturated rings. The molecule has 1 aliphatic heterocycles. The van der Waals surface area contributed by atoms with Gasteiger partial charge in [0.1, 0.15) is 6.04 Å². The third-order valence-corrected chi connectivity index (χ3v) is 4.12. The molecular weight excluding hydrogens is 424 g/mol. The minimum absolute atomic E-state index is 0.298. The molecule has 0 spiro atoms. The number of hydrogen-bond donors (Lipinski definition) is 1. The molecule has 0 bridgehead atoms. The molecule has 23 heavy (non-hydrogen) atoms. The Kier molecular flexibility index (Phi) is 5.66. The Balaban J connectivity index is 2.00. The summed E-state index contributed by atoms with van der Waals surface area (Å²) in [5, 5.41) is 2.73.